The molecule has 3 heteroatoms. The van der Waals surface area contributed by atoms with Gasteiger partial charge in [0.15, 0.2) is 0 Å². The largest absolute Gasteiger partial charge is 0.341 e. The second-order valence-electron chi connectivity index (χ2n) is 7.10. The highest BCUT2D eigenvalue weighted by Crippen LogP contribution is 2.20. The number of rotatable bonds is 7. The van der Waals surface area contributed by atoms with Gasteiger partial charge in [0.2, 0.25) is 5.91 Å². The number of nitrogens with one attached hydrogen (secondary N) is 1. The maximum Gasteiger partial charge on any atom is 0.222 e. The molecule has 2 aromatic rings. The van der Waals surface area contributed by atoms with Gasteiger partial charge in [-0.15, -0.1) is 0 Å². The first-order chi connectivity index (χ1) is 12.2. The smallest absolute Gasteiger partial charge is 0.222 e. The Balaban J connectivity index is 1.67. The van der Waals surface area contributed by atoms with Gasteiger partial charge < -0.3 is 10.2 Å². The molecule has 3 nitrogen and oxygen atoms in total. The molecule has 2 aromatic carbocycles. The van der Waals surface area contributed by atoms with Gasteiger partial charge in [-0.1, -0.05) is 60.7 Å². The minimum atomic E-state index is 0.269. The van der Waals surface area contributed by atoms with Crippen molar-refractivity contribution in [1.29, 1.82) is 0 Å². The highest BCUT2D eigenvalue weighted by atomic mass is 16.2. The number of amides is 1. The Morgan fingerprint density at radius 1 is 1.04 bits per heavy atom. The van der Waals surface area contributed by atoms with Crippen LogP contribution < -0.4 is 5.32 Å². The van der Waals surface area contributed by atoms with Gasteiger partial charge in [-0.3, -0.25) is 4.79 Å². The molecule has 0 bridgehead atoms. The molecule has 1 atom stereocenters. The van der Waals surface area contributed by atoms with Crippen LogP contribution >= 0.6 is 0 Å². The van der Waals surface area contributed by atoms with E-state index in [2.05, 4.69) is 53.8 Å². The summed E-state index contributed by atoms with van der Waals surface area (Å²) in [6.45, 7) is 1.93. The van der Waals surface area contributed by atoms with Gasteiger partial charge in [-0.2, -0.15) is 0 Å². The van der Waals surface area contributed by atoms with Gasteiger partial charge in [0.05, 0.1) is 0 Å². The van der Waals surface area contributed by atoms with E-state index in [9.17, 15) is 4.79 Å². The maximum atomic E-state index is 12.8. The van der Waals surface area contributed by atoms with Gasteiger partial charge in [-0.05, 0) is 42.9 Å². The molecule has 1 amide bonds. The van der Waals surface area contributed by atoms with Gasteiger partial charge in [0, 0.05) is 26.1 Å². The van der Waals surface area contributed by atoms with Crippen molar-refractivity contribution in [1.82, 2.24) is 10.2 Å². The Morgan fingerprint density at radius 2 is 1.60 bits per heavy atom. The minimum Gasteiger partial charge on any atom is -0.341 e. The van der Waals surface area contributed by atoms with E-state index in [1.807, 2.05) is 24.1 Å². The van der Waals surface area contributed by atoms with Crippen LogP contribution in [0, 0.1) is 5.92 Å². The highest BCUT2D eigenvalue weighted by Gasteiger charge is 2.25. The third-order valence-electron chi connectivity index (χ3n) is 5.17. The van der Waals surface area contributed by atoms with Crippen molar-refractivity contribution in [3.63, 3.8) is 0 Å². The molecule has 0 aliphatic carbocycles. The molecule has 1 aliphatic rings. The Kier molecular flexibility index (Phi) is 6.24. The second-order valence-corrected chi connectivity index (χ2v) is 7.10. The van der Waals surface area contributed by atoms with E-state index in [1.165, 1.54) is 11.1 Å². The fraction of sp³-hybridized carbons (Fsp3) is 0.409. The number of likely N-dealkylation sites (N-methyl/N-ethyl adjacent to an activating group) is 1. The summed E-state index contributed by atoms with van der Waals surface area (Å²) in [5.41, 5.74) is 2.61. The lowest BCUT2D eigenvalue weighted by atomic mass is 9.89. The SMILES string of the molecule is CN(C(=O)CC(Cc1ccccc1)Cc1ccccc1)C1CCNC1. The van der Waals surface area contributed by atoms with Gasteiger partial charge in [0.25, 0.3) is 0 Å². The number of carbonyl (C=O) groups excluding carboxylic acids is 1. The van der Waals surface area contributed by atoms with E-state index in [0.717, 1.165) is 32.4 Å². The molecule has 0 spiro atoms. The summed E-state index contributed by atoms with van der Waals surface area (Å²) in [7, 11) is 1.96. The van der Waals surface area contributed by atoms with Crippen LogP contribution in [0.25, 0.3) is 0 Å². The van der Waals surface area contributed by atoms with Crippen molar-refractivity contribution in [2.45, 2.75) is 31.7 Å². The molecule has 1 heterocycles. The number of hydrogen-bond donors (Lipinski definition) is 1. The fourth-order valence-electron chi connectivity index (χ4n) is 3.68. The molecule has 3 rings (SSSR count). The van der Waals surface area contributed by atoms with Crippen LogP contribution in [0.15, 0.2) is 60.7 Å². The van der Waals surface area contributed by atoms with Crippen LogP contribution in [0.5, 0.6) is 0 Å². The maximum absolute atomic E-state index is 12.8. The highest BCUT2D eigenvalue weighted by molar-refractivity contribution is 5.76. The summed E-state index contributed by atoms with van der Waals surface area (Å²) in [6, 6.07) is 21.4. The molecule has 1 unspecified atom stereocenters. The zero-order chi connectivity index (χ0) is 17.5. The molecule has 25 heavy (non-hydrogen) atoms. The zero-order valence-electron chi connectivity index (χ0n) is 15.0. The molecule has 1 fully saturated rings. The van der Waals surface area contributed by atoms with Crippen LogP contribution in [-0.4, -0.2) is 37.0 Å². The summed E-state index contributed by atoms with van der Waals surface area (Å²) < 4.78 is 0. The predicted molar refractivity (Wildman–Crippen MR) is 102 cm³/mol. The fourth-order valence-corrected chi connectivity index (χ4v) is 3.68. The topological polar surface area (TPSA) is 32.3 Å². The monoisotopic (exact) mass is 336 g/mol. The minimum absolute atomic E-state index is 0.269. The normalized spacial score (nSPS) is 17.0. The molecule has 1 saturated heterocycles. The first-order valence-corrected chi connectivity index (χ1v) is 9.26. The van der Waals surface area contributed by atoms with E-state index >= 15 is 0 Å². The first-order valence-electron chi connectivity index (χ1n) is 9.26. The van der Waals surface area contributed by atoms with Crippen LogP contribution in [0.1, 0.15) is 24.0 Å². The van der Waals surface area contributed by atoms with E-state index in [1.54, 1.807) is 0 Å². The quantitative estimate of drug-likeness (QED) is 0.841. The first kappa shape index (κ1) is 17.7. The van der Waals surface area contributed by atoms with E-state index < -0.39 is 0 Å². The van der Waals surface area contributed by atoms with Gasteiger partial charge >= 0.3 is 0 Å². The third-order valence-corrected chi connectivity index (χ3v) is 5.17. The number of benzene rings is 2. The molecule has 1 aliphatic heterocycles. The lowest BCUT2D eigenvalue weighted by Gasteiger charge is -2.26. The van der Waals surface area contributed by atoms with Crippen molar-refractivity contribution in [3.05, 3.63) is 71.8 Å². The van der Waals surface area contributed by atoms with Gasteiger partial charge in [0.1, 0.15) is 0 Å². The van der Waals surface area contributed by atoms with Crippen molar-refractivity contribution >= 4 is 5.91 Å². The molecule has 0 saturated carbocycles. The van der Waals surface area contributed by atoms with Crippen LogP contribution in [-0.2, 0) is 17.6 Å². The number of carbonyl (C=O) groups is 1. The van der Waals surface area contributed by atoms with Crippen LogP contribution in [0.4, 0.5) is 0 Å². The zero-order valence-corrected chi connectivity index (χ0v) is 15.0. The Labute approximate surface area is 151 Å². The number of nitrogens with zero attached hydrogens (tertiary/aromatic N) is 1. The van der Waals surface area contributed by atoms with E-state index in [4.69, 9.17) is 0 Å². The molecule has 0 aromatic heterocycles. The molecular formula is C22H28N2O. The van der Waals surface area contributed by atoms with Gasteiger partial charge in [-0.25, -0.2) is 0 Å². The summed E-state index contributed by atoms with van der Waals surface area (Å²) >= 11 is 0. The lowest BCUT2D eigenvalue weighted by Crippen LogP contribution is -2.39. The van der Waals surface area contributed by atoms with Crippen molar-refractivity contribution in [2.75, 3.05) is 20.1 Å². The van der Waals surface area contributed by atoms with Crippen molar-refractivity contribution in [2.24, 2.45) is 5.92 Å². The van der Waals surface area contributed by atoms with Crippen molar-refractivity contribution < 1.29 is 4.79 Å². The molecular weight excluding hydrogens is 308 g/mol. The Hall–Kier alpha value is -2.13. The average Bonchev–Trinajstić information content (AvgIpc) is 3.17. The van der Waals surface area contributed by atoms with Crippen molar-refractivity contribution in [3.8, 4) is 0 Å². The second kappa shape index (κ2) is 8.82. The lowest BCUT2D eigenvalue weighted by molar-refractivity contribution is -0.132. The van der Waals surface area contributed by atoms with Crippen LogP contribution in [0.3, 0.4) is 0 Å². The summed E-state index contributed by atoms with van der Waals surface area (Å²) in [6.07, 6.45) is 3.55. The summed E-state index contributed by atoms with van der Waals surface area (Å²) in [4.78, 5) is 14.8. The molecule has 132 valence electrons. The number of hydrogen-bond acceptors (Lipinski definition) is 2. The third kappa shape index (κ3) is 5.17. The predicted octanol–water partition coefficient (Wildman–Crippen LogP) is 3.30. The molecule has 1 N–H and O–H groups in total. The summed E-state index contributed by atoms with van der Waals surface area (Å²) in [5, 5.41) is 3.35. The van der Waals surface area contributed by atoms with E-state index in [0.29, 0.717) is 18.4 Å². The molecule has 0 radical (unpaired) electrons. The summed E-state index contributed by atoms with van der Waals surface area (Å²) in [5.74, 6) is 0.597. The Bertz CT molecular complexity index is 609. The van der Waals surface area contributed by atoms with Crippen LogP contribution in [0.2, 0.25) is 0 Å². The Morgan fingerprint density at radius 3 is 2.08 bits per heavy atom. The standard InChI is InChI=1S/C22H28N2O/c1-24(21-12-13-23-17-21)22(25)16-20(14-18-8-4-2-5-9-18)15-19-10-6-3-7-11-19/h2-11,20-21,23H,12-17H2,1H3. The average molecular weight is 336 g/mol. The van der Waals surface area contributed by atoms with E-state index in [-0.39, 0.29) is 5.91 Å².